The van der Waals surface area contributed by atoms with E-state index in [1.807, 2.05) is 0 Å². The molecule has 2 aromatic carbocycles. The largest absolute Gasteiger partial charge is 0.444 e. The number of fused-ring (bicyclic) bond motifs is 1. The van der Waals surface area contributed by atoms with Crippen LogP contribution in [0.25, 0.3) is 16.7 Å². The summed E-state index contributed by atoms with van der Waals surface area (Å²) in [6, 6.07) is 9.34. The molecule has 184 valence electrons. The number of alkyl carbamates (subject to hydrolysis) is 1. The Morgan fingerprint density at radius 2 is 1.97 bits per heavy atom. The molecule has 1 aliphatic heterocycles. The van der Waals surface area contributed by atoms with Crippen LogP contribution in [-0.4, -0.2) is 45.1 Å². The lowest BCUT2D eigenvalue weighted by molar-refractivity contribution is -0.128. The SMILES string of the molecule is CN1C(=O)C[C@@](C)(c2cccc(-n3c(=O)[nH]c4ccc(Cl)cc43)c2F)N=C1NC(=O)OC(C)(C)C. The fraction of sp³-hybridized carbons (Fsp3) is 0.333. The van der Waals surface area contributed by atoms with E-state index in [-0.39, 0.29) is 29.5 Å². The fourth-order valence-electron chi connectivity index (χ4n) is 3.97. The topological polar surface area (TPSA) is 109 Å². The monoisotopic (exact) mass is 501 g/mol. The van der Waals surface area contributed by atoms with Gasteiger partial charge in [0.2, 0.25) is 11.9 Å². The number of nitrogens with zero attached hydrogens (tertiary/aromatic N) is 3. The number of hydrogen-bond donors (Lipinski definition) is 2. The summed E-state index contributed by atoms with van der Waals surface area (Å²) in [5.41, 5.74) is -1.71. The Morgan fingerprint density at radius 1 is 1.26 bits per heavy atom. The van der Waals surface area contributed by atoms with Gasteiger partial charge >= 0.3 is 11.8 Å². The lowest BCUT2D eigenvalue weighted by Crippen LogP contribution is -2.52. The van der Waals surface area contributed by atoms with Gasteiger partial charge in [0.25, 0.3) is 0 Å². The van der Waals surface area contributed by atoms with Crippen LogP contribution in [0.2, 0.25) is 5.02 Å². The summed E-state index contributed by atoms with van der Waals surface area (Å²) < 4.78 is 22.4. The highest BCUT2D eigenvalue weighted by atomic mass is 35.5. The average Bonchev–Trinajstić information content (AvgIpc) is 3.05. The standard InChI is InChI=1S/C24H25ClFN5O4/c1-23(2,3)35-22(34)28-20-29-24(4,12-18(32)30(20)5)14-7-6-8-16(19(14)26)31-17-11-13(25)9-10-15(17)27-21(31)33/h6-11H,12H2,1-5H3,(H,27,33)(H,28,29,34)/t24-/m0/s1. The van der Waals surface area contributed by atoms with Crippen LogP contribution in [0.5, 0.6) is 0 Å². The van der Waals surface area contributed by atoms with E-state index in [0.29, 0.717) is 16.1 Å². The molecule has 1 atom stereocenters. The number of H-pyrrole nitrogens is 1. The van der Waals surface area contributed by atoms with Crippen LogP contribution < -0.4 is 11.0 Å². The fourth-order valence-corrected chi connectivity index (χ4v) is 4.13. The van der Waals surface area contributed by atoms with Crippen molar-refractivity contribution in [2.45, 2.75) is 45.3 Å². The van der Waals surface area contributed by atoms with Gasteiger partial charge in [-0.3, -0.25) is 19.6 Å². The minimum absolute atomic E-state index is 0.0227. The molecule has 0 bridgehead atoms. The third-order valence-corrected chi connectivity index (χ3v) is 5.83. The molecule has 2 amide bonds. The summed E-state index contributed by atoms with van der Waals surface area (Å²) >= 11 is 6.10. The van der Waals surface area contributed by atoms with Gasteiger partial charge in [-0.05, 0) is 52.0 Å². The molecular weight excluding hydrogens is 477 g/mol. The summed E-state index contributed by atoms with van der Waals surface area (Å²) in [5.74, 6) is -1.18. The molecule has 1 aliphatic rings. The number of carbonyl (C=O) groups excluding carboxylic acids is 2. The minimum atomic E-state index is -1.36. The van der Waals surface area contributed by atoms with Gasteiger partial charge in [0.15, 0.2) is 5.82 Å². The smallest absolute Gasteiger partial charge is 0.414 e. The van der Waals surface area contributed by atoms with E-state index in [2.05, 4.69) is 15.3 Å². The van der Waals surface area contributed by atoms with Crippen LogP contribution in [-0.2, 0) is 15.1 Å². The predicted molar refractivity (Wildman–Crippen MR) is 130 cm³/mol. The second kappa shape index (κ2) is 8.53. The first-order chi connectivity index (χ1) is 16.3. The van der Waals surface area contributed by atoms with Crippen LogP contribution >= 0.6 is 11.6 Å². The summed E-state index contributed by atoms with van der Waals surface area (Å²) in [6.07, 6.45) is -0.950. The van der Waals surface area contributed by atoms with Crippen LogP contribution in [0.1, 0.15) is 39.7 Å². The maximum absolute atomic E-state index is 16.0. The molecule has 2 N–H and O–H groups in total. The Bertz CT molecular complexity index is 1440. The number of halogens is 2. The zero-order chi connectivity index (χ0) is 25.7. The molecule has 0 fully saturated rings. The number of aromatic amines is 1. The summed E-state index contributed by atoms with van der Waals surface area (Å²) in [6.45, 7) is 6.70. The Kier molecular flexibility index (Phi) is 5.96. The number of carbonyl (C=O) groups is 2. The Morgan fingerprint density at radius 3 is 2.66 bits per heavy atom. The molecular formula is C24H25ClFN5O4. The van der Waals surface area contributed by atoms with Crippen molar-refractivity contribution in [3.8, 4) is 5.69 Å². The van der Waals surface area contributed by atoms with E-state index in [9.17, 15) is 14.4 Å². The average molecular weight is 502 g/mol. The maximum atomic E-state index is 16.0. The third-order valence-electron chi connectivity index (χ3n) is 5.60. The molecule has 0 saturated heterocycles. The number of benzene rings is 2. The number of amides is 2. The van der Waals surface area contributed by atoms with Gasteiger partial charge in [-0.2, -0.15) is 0 Å². The first kappa shape index (κ1) is 24.5. The van der Waals surface area contributed by atoms with Crippen molar-refractivity contribution >= 4 is 40.6 Å². The maximum Gasteiger partial charge on any atom is 0.414 e. The number of nitrogens with one attached hydrogen (secondary N) is 2. The highest BCUT2D eigenvalue weighted by Crippen LogP contribution is 2.36. The third kappa shape index (κ3) is 4.66. The summed E-state index contributed by atoms with van der Waals surface area (Å²) in [5, 5.41) is 2.86. The molecule has 0 radical (unpaired) electrons. The molecule has 0 aliphatic carbocycles. The number of rotatable bonds is 2. The number of imidazole rings is 1. The number of ether oxygens (including phenoxy) is 1. The highest BCUT2D eigenvalue weighted by Gasteiger charge is 2.40. The van der Waals surface area contributed by atoms with Gasteiger partial charge in [0, 0.05) is 17.6 Å². The number of aromatic nitrogens is 2. The molecule has 2 heterocycles. The molecule has 4 rings (SSSR count). The minimum Gasteiger partial charge on any atom is -0.444 e. The van der Waals surface area contributed by atoms with Crippen molar-refractivity contribution in [2.24, 2.45) is 4.99 Å². The van der Waals surface area contributed by atoms with Crippen molar-refractivity contribution in [1.82, 2.24) is 19.8 Å². The highest BCUT2D eigenvalue weighted by molar-refractivity contribution is 6.31. The quantitative estimate of drug-likeness (QED) is 0.551. The Hall–Kier alpha value is -3.66. The van der Waals surface area contributed by atoms with Crippen molar-refractivity contribution < 1.29 is 18.7 Å². The van der Waals surface area contributed by atoms with Gasteiger partial charge in [0.1, 0.15) is 5.60 Å². The van der Waals surface area contributed by atoms with Crippen LogP contribution in [0.15, 0.2) is 46.2 Å². The number of aliphatic imine (C=N–C) groups is 1. The summed E-state index contributed by atoms with van der Waals surface area (Å²) in [7, 11) is 1.46. The Labute approximate surface area is 205 Å². The predicted octanol–water partition coefficient (Wildman–Crippen LogP) is 4.07. The van der Waals surface area contributed by atoms with Crippen molar-refractivity contribution in [1.29, 1.82) is 0 Å². The van der Waals surface area contributed by atoms with E-state index in [1.165, 1.54) is 28.6 Å². The lowest BCUT2D eigenvalue weighted by Gasteiger charge is -2.35. The molecule has 0 unspecified atom stereocenters. The zero-order valence-corrected chi connectivity index (χ0v) is 20.7. The second-order valence-electron chi connectivity index (χ2n) is 9.53. The molecule has 0 saturated carbocycles. The van der Waals surface area contributed by atoms with Gasteiger partial charge in [-0.15, -0.1) is 0 Å². The first-order valence-corrected chi connectivity index (χ1v) is 11.2. The van der Waals surface area contributed by atoms with Gasteiger partial charge in [-0.25, -0.2) is 19.0 Å². The molecule has 11 heteroatoms. The molecule has 9 nitrogen and oxygen atoms in total. The van der Waals surface area contributed by atoms with E-state index >= 15 is 4.39 Å². The zero-order valence-electron chi connectivity index (χ0n) is 19.9. The van der Waals surface area contributed by atoms with Crippen molar-refractivity contribution in [3.05, 3.63) is 63.3 Å². The van der Waals surface area contributed by atoms with Gasteiger partial charge in [0.05, 0.1) is 28.7 Å². The Balaban J connectivity index is 1.81. The van der Waals surface area contributed by atoms with Crippen LogP contribution in [0.3, 0.4) is 0 Å². The van der Waals surface area contributed by atoms with Crippen LogP contribution in [0, 0.1) is 5.82 Å². The molecule has 1 aromatic heterocycles. The van der Waals surface area contributed by atoms with Gasteiger partial charge < -0.3 is 9.72 Å². The first-order valence-electron chi connectivity index (χ1n) is 10.9. The van der Waals surface area contributed by atoms with Crippen molar-refractivity contribution in [2.75, 3.05) is 7.05 Å². The summed E-state index contributed by atoms with van der Waals surface area (Å²) in [4.78, 5) is 46.2. The molecule has 3 aromatic rings. The van der Waals surface area contributed by atoms with Gasteiger partial charge in [-0.1, -0.05) is 23.7 Å². The number of hydrogen-bond acceptors (Lipinski definition) is 5. The van der Waals surface area contributed by atoms with E-state index in [0.717, 1.165) is 0 Å². The normalized spacial score (nSPS) is 18.5. The lowest BCUT2D eigenvalue weighted by atomic mass is 9.87. The van der Waals surface area contributed by atoms with E-state index < -0.39 is 28.7 Å². The van der Waals surface area contributed by atoms with Crippen LogP contribution in [0.4, 0.5) is 9.18 Å². The van der Waals surface area contributed by atoms with E-state index in [4.69, 9.17) is 16.3 Å². The number of guanidine groups is 1. The molecule has 35 heavy (non-hydrogen) atoms. The molecule has 0 spiro atoms. The second-order valence-corrected chi connectivity index (χ2v) is 9.97. The van der Waals surface area contributed by atoms with Crippen molar-refractivity contribution in [3.63, 3.8) is 0 Å². The van der Waals surface area contributed by atoms with E-state index in [1.54, 1.807) is 52.0 Å².